The van der Waals surface area contributed by atoms with Crippen molar-refractivity contribution in [2.24, 2.45) is 12.0 Å². The number of aliphatic hydroxyl groups is 1. The topological polar surface area (TPSA) is 87.6 Å². The number of guanidine groups is 1. The van der Waals surface area contributed by atoms with Gasteiger partial charge >= 0.3 is 0 Å². The van der Waals surface area contributed by atoms with Gasteiger partial charge in [0, 0.05) is 43.7 Å². The first-order chi connectivity index (χ1) is 13.0. The van der Waals surface area contributed by atoms with Crippen LogP contribution in [0.2, 0.25) is 0 Å². The molecule has 1 unspecified atom stereocenters. The second kappa shape index (κ2) is 9.92. The lowest BCUT2D eigenvalue weighted by atomic mass is 10.0. The molecule has 152 valence electrons. The molecular formula is C20H28IN5O2. The number of aryl methyl sites for hydroxylation is 1. The number of aliphatic imine (C=N–C) groups is 1. The van der Waals surface area contributed by atoms with Gasteiger partial charge in [0.1, 0.15) is 16.9 Å². The van der Waals surface area contributed by atoms with Crippen molar-refractivity contribution in [3.05, 3.63) is 54.0 Å². The van der Waals surface area contributed by atoms with Gasteiger partial charge in [-0.3, -0.25) is 4.68 Å². The van der Waals surface area contributed by atoms with Gasteiger partial charge in [-0.25, -0.2) is 4.99 Å². The summed E-state index contributed by atoms with van der Waals surface area (Å²) >= 11 is 0. The smallest absolute Gasteiger partial charge is 0.191 e. The highest BCUT2D eigenvalue weighted by molar-refractivity contribution is 14.0. The monoisotopic (exact) mass is 497 g/mol. The molecule has 0 aliphatic rings. The number of rotatable bonds is 7. The molecular weight excluding hydrogens is 469 g/mol. The van der Waals surface area contributed by atoms with E-state index < -0.39 is 5.60 Å². The Morgan fingerprint density at radius 2 is 2.11 bits per heavy atom. The van der Waals surface area contributed by atoms with E-state index in [0.29, 0.717) is 12.5 Å². The van der Waals surface area contributed by atoms with Gasteiger partial charge in [0.25, 0.3) is 0 Å². The Kier molecular flexibility index (Phi) is 7.88. The lowest BCUT2D eigenvalue weighted by molar-refractivity contribution is 0.0672. The van der Waals surface area contributed by atoms with Gasteiger partial charge in [-0.15, -0.1) is 24.0 Å². The van der Waals surface area contributed by atoms with Crippen LogP contribution in [0.5, 0.6) is 0 Å². The molecule has 8 heteroatoms. The number of furan rings is 1. The van der Waals surface area contributed by atoms with Crippen molar-refractivity contribution in [2.75, 3.05) is 19.6 Å². The molecule has 0 radical (unpaired) electrons. The third-order valence-electron chi connectivity index (χ3n) is 4.36. The molecule has 0 saturated carbocycles. The van der Waals surface area contributed by atoms with Crippen molar-refractivity contribution >= 4 is 40.9 Å². The Morgan fingerprint density at radius 1 is 1.32 bits per heavy atom. The van der Waals surface area contributed by atoms with E-state index in [-0.39, 0.29) is 30.5 Å². The first-order valence-corrected chi connectivity index (χ1v) is 9.19. The molecule has 7 nitrogen and oxygen atoms in total. The van der Waals surface area contributed by atoms with Crippen molar-refractivity contribution in [3.63, 3.8) is 0 Å². The molecule has 1 aromatic carbocycles. The molecule has 0 bridgehead atoms. The first kappa shape index (κ1) is 22.2. The highest BCUT2D eigenvalue weighted by Gasteiger charge is 2.24. The van der Waals surface area contributed by atoms with E-state index >= 15 is 0 Å². The van der Waals surface area contributed by atoms with E-state index in [0.717, 1.165) is 35.3 Å². The number of nitrogens with one attached hydrogen (secondary N) is 2. The van der Waals surface area contributed by atoms with E-state index in [1.807, 2.05) is 38.2 Å². The van der Waals surface area contributed by atoms with Crippen LogP contribution in [0.15, 0.2) is 52.1 Å². The zero-order valence-electron chi connectivity index (χ0n) is 16.5. The average Bonchev–Trinajstić information content (AvgIpc) is 3.26. The zero-order valence-corrected chi connectivity index (χ0v) is 18.8. The highest BCUT2D eigenvalue weighted by Crippen LogP contribution is 2.20. The number of hydrogen-bond donors (Lipinski definition) is 3. The van der Waals surface area contributed by atoms with Crippen LogP contribution in [0, 0.1) is 0 Å². The van der Waals surface area contributed by atoms with E-state index in [1.54, 1.807) is 24.0 Å². The summed E-state index contributed by atoms with van der Waals surface area (Å²) in [4.78, 5) is 4.52. The first-order valence-electron chi connectivity index (χ1n) is 9.19. The maximum absolute atomic E-state index is 10.7. The lowest BCUT2D eigenvalue weighted by Gasteiger charge is -2.20. The Hall–Kier alpha value is -2.07. The number of aromatic nitrogens is 2. The van der Waals surface area contributed by atoms with Gasteiger partial charge in [-0.05, 0) is 26.0 Å². The van der Waals surface area contributed by atoms with Crippen molar-refractivity contribution in [1.29, 1.82) is 0 Å². The van der Waals surface area contributed by atoms with Crippen molar-refractivity contribution in [2.45, 2.75) is 25.9 Å². The predicted octanol–water partition coefficient (Wildman–Crippen LogP) is 2.79. The fourth-order valence-corrected chi connectivity index (χ4v) is 2.83. The minimum Gasteiger partial charge on any atom is -0.461 e. The summed E-state index contributed by atoms with van der Waals surface area (Å²) in [5.41, 5.74) is 0.572. The van der Waals surface area contributed by atoms with Gasteiger partial charge in [0.2, 0.25) is 0 Å². The quantitative estimate of drug-likeness (QED) is 0.266. The minimum absolute atomic E-state index is 0. The van der Waals surface area contributed by atoms with Crippen LogP contribution in [-0.2, 0) is 19.1 Å². The van der Waals surface area contributed by atoms with Crippen LogP contribution in [0.1, 0.15) is 25.2 Å². The third kappa shape index (κ3) is 5.71. The number of para-hydroxylation sites is 1. The number of benzene rings is 1. The Balaban J connectivity index is 0.00000280. The molecule has 3 aromatic rings. The van der Waals surface area contributed by atoms with Crippen LogP contribution in [0.4, 0.5) is 0 Å². The second-order valence-corrected chi connectivity index (χ2v) is 6.80. The summed E-state index contributed by atoms with van der Waals surface area (Å²) in [6, 6.07) is 10.1. The summed E-state index contributed by atoms with van der Waals surface area (Å²) in [5, 5.41) is 22.4. The molecule has 1 atom stereocenters. The number of hydrogen-bond acceptors (Lipinski definition) is 4. The summed E-state index contributed by atoms with van der Waals surface area (Å²) in [7, 11) is 1.83. The van der Waals surface area contributed by atoms with Crippen molar-refractivity contribution < 1.29 is 9.52 Å². The van der Waals surface area contributed by atoms with Crippen molar-refractivity contribution in [1.82, 2.24) is 20.4 Å². The summed E-state index contributed by atoms with van der Waals surface area (Å²) in [6.07, 6.45) is 4.22. The highest BCUT2D eigenvalue weighted by atomic mass is 127. The Bertz CT molecular complexity index is 883. The molecule has 0 aliphatic heterocycles. The molecule has 0 amide bonds. The number of halogens is 1. The molecule has 0 saturated heterocycles. The number of nitrogens with zero attached hydrogens (tertiary/aromatic N) is 3. The molecule has 0 fully saturated rings. The Labute approximate surface area is 182 Å². The maximum Gasteiger partial charge on any atom is 0.191 e. The van der Waals surface area contributed by atoms with Crippen LogP contribution in [0.25, 0.3) is 11.0 Å². The van der Waals surface area contributed by atoms with Gasteiger partial charge in [0.15, 0.2) is 5.96 Å². The number of fused-ring (bicyclic) bond motifs is 1. The van der Waals surface area contributed by atoms with Gasteiger partial charge in [-0.2, -0.15) is 5.10 Å². The molecule has 28 heavy (non-hydrogen) atoms. The minimum atomic E-state index is -1.07. The summed E-state index contributed by atoms with van der Waals surface area (Å²) < 4.78 is 7.51. The van der Waals surface area contributed by atoms with E-state index in [4.69, 9.17) is 4.42 Å². The molecule has 2 aromatic heterocycles. The normalized spacial score (nSPS) is 13.8. The van der Waals surface area contributed by atoms with Crippen LogP contribution in [-0.4, -0.2) is 40.5 Å². The largest absolute Gasteiger partial charge is 0.461 e. The third-order valence-corrected chi connectivity index (χ3v) is 4.36. The lowest BCUT2D eigenvalue weighted by Crippen LogP contribution is -2.39. The van der Waals surface area contributed by atoms with Crippen LogP contribution < -0.4 is 10.6 Å². The molecule has 3 rings (SSSR count). The molecule has 0 spiro atoms. The molecule has 2 heterocycles. The molecule has 3 N–H and O–H groups in total. The molecule has 0 aliphatic carbocycles. The van der Waals surface area contributed by atoms with Crippen molar-refractivity contribution in [3.8, 4) is 0 Å². The average molecular weight is 497 g/mol. The maximum atomic E-state index is 10.7. The summed E-state index contributed by atoms with van der Waals surface area (Å²) in [6.45, 7) is 5.41. The van der Waals surface area contributed by atoms with E-state index in [9.17, 15) is 5.11 Å². The fraction of sp³-hybridized carbons (Fsp3) is 0.400. The van der Waals surface area contributed by atoms with Gasteiger partial charge in [0.05, 0.1) is 12.7 Å². The van der Waals surface area contributed by atoms with Crippen LogP contribution in [0.3, 0.4) is 0 Å². The zero-order chi connectivity index (χ0) is 19.3. The van der Waals surface area contributed by atoms with Crippen LogP contribution >= 0.6 is 24.0 Å². The van der Waals surface area contributed by atoms with Gasteiger partial charge in [-0.1, -0.05) is 18.2 Å². The van der Waals surface area contributed by atoms with E-state index in [2.05, 4.69) is 26.8 Å². The standard InChI is InChI=1S/C20H27N5O2.HI/c1-4-21-19(23-14-20(2,26)16-12-24-25(3)13-16)22-10-9-17-11-15-7-5-6-8-18(15)27-17;/h5-8,11-13,26H,4,9-10,14H2,1-3H3,(H2,21,22,23);1H. The van der Waals surface area contributed by atoms with E-state index in [1.165, 1.54) is 0 Å². The second-order valence-electron chi connectivity index (χ2n) is 6.80. The van der Waals surface area contributed by atoms with Gasteiger partial charge < -0.3 is 20.2 Å². The SMILES string of the molecule is CCNC(=NCC(C)(O)c1cnn(C)c1)NCCc1cc2ccccc2o1.I. The Morgan fingerprint density at radius 3 is 2.79 bits per heavy atom. The summed E-state index contributed by atoms with van der Waals surface area (Å²) in [5.74, 6) is 1.60. The predicted molar refractivity (Wildman–Crippen MR) is 122 cm³/mol. The fourth-order valence-electron chi connectivity index (χ4n) is 2.83.